The van der Waals surface area contributed by atoms with Crippen molar-refractivity contribution in [2.75, 3.05) is 5.32 Å². The number of para-hydroxylation sites is 1. The predicted molar refractivity (Wildman–Crippen MR) is 145 cm³/mol. The second-order valence-corrected chi connectivity index (χ2v) is 11.4. The maximum atomic E-state index is 15.0. The minimum absolute atomic E-state index is 0.0178. The number of carbonyl (C=O) groups excluding carboxylic acids is 2. The van der Waals surface area contributed by atoms with Crippen LogP contribution in [0.2, 0.25) is 0 Å². The van der Waals surface area contributed by atoms with Gasteiger partial charge in [0.1, 0.15) is 5.82 Å². The van der Waals surface area contributed by atoms with Gasteiger partial charge in [0.25, 0.3) is 0 Å². The number of fused-ring (bicyclic) bond motifs is 2. The summed E-state index contributed by atoms with van der Waals surface area (Å²) in [6.07, 6.45) is 1.71. The maximum absolute atomic E-state index is 15.0. The van der Waals surface area contributed by atoms with Crippen molar-refractivity contribution in [1.29, 1.82) is 0 Å². The third kappa shape index (κ3) is 5.61. The number of urea groups is 1. The van der Waals surface area contributed by atoms with Crippen LogP contribution in [0, 0.1) is 11.2 Å². The molecule has 0 radical (unpaired) electrons. The molecule has 1 aliphatic heterocycles. The van der Waals surface area contributed by atoms with Crippen molar-refractivity contribution in [2.45, 2.75) is 66.0 Å². The number of nitrogens with one attached hydrogen (secondary N) is 3. The van der Waals surface area contributed by atoms with Crippen LogP contribution in [-0.2, 0) is 4.79 Å². The van der Waals surface area contributed by atoms with E-state index in [1.54, 1.807) is 32.2 Å². The van der Waals surface area contributed by atoms with E-state index in [2.05, 4.69) is 25.9 Å². The van der Waals surface area contributed by atoms with Crippen molar-refractivity contribution in [2.24, 2.45) is 5.41 Å². The molecule has 200 valence electrons. The smallest absolute Gasteiger partial charge is 0.321 e. The highest BCUT2D eigenvalue weighted by atomic mass is 19.1. The van der Waals surface area contributed by atoms with E-state index in [9.17, 15) is 14.0 Å². The van der Waals surface area contributed by atoms with Gasteiger partial charge >= 0.3 is 6.03 Å². The molecule has 0 bridgehead atoms. The monoisotopic (exact) mass is 519 g/mol. The summed E-state index contributed by atoms with van der Waals surface area (Å²) in [5.41, 5.74) is 0.803. The fourth-order valence-electron chi connectivity index (χ4n) is 4.51. The van der Waals surface area contributed by atoms with Gasteiger partial charge < -0.3 is 15.4 Å². The number of amides is 3. The van der Waals surface area contributed by atoms with Crippen molar-refractivity contribution in [3.63, 3.8) is 0 Å². The highest BCUT2D eigenvalue weighted by molar-refractivity contribution is 5.98. The Kier molecular flexibility index (Phi) is 7.14. The molecule has 2 aromatic heterocycles. The minimum Gasteiger partial charge on any atom is -0.435 e. The molecule has 0 aliphatic carbocycles. The van der Waals surface area contributed by atoms with Crippen LogP contribution in [0.1, 0.15) is 65.5 Å². The molecule has 9 heteroatoms. The molecule has 3 N–H and O–H groups in total. The number of ether oxygens (including phenoxy) is 1. The average molecular weight is 520 g/mol. The quantitative estimate of drug-likeness (QED) is 0.382. The lowest BCUT2D eigenvalue weighted by Gasteiger charge is -2.37. The Balaban J connectivity index is 1.72. The summed E-state index contributed by atoms with van der Waals surface area (Å²) in [4.78, 5) is 35.0. The molecule has 0 unspecified atom stereocenters. The van der Waals surface area contributed by atoms with Gasteiger partial charge in [-0.25, -0.2) is 19.2 Å². The standard InChI is InChI=1S/C29H34FN5O3/c1-16(2)32-22-14-11-17(15-31-22)21-13-12-19-23(18-9-8-10-20(30)24(18)38-25(19)33-21)29(6,7)26(36)34-27(37)35-28(3,4)5/h8-16,23H,1-7H3,(H,31,32)(H2,34,35,36,37)/t23-/m0/s1. The van der Waals surface area contributed by atoms with Gasteiger partial charge in [-0.15, -0.1) is 0 Å². The molecule has 8 nitrogen and oxygen atoms in total. The minimum atomic E-state index is -1.16. The first-order chi connectivity index (χ1) is 17.8. The summed E-state index contributed by atoms with van der Waals surface area (Å²) in [6.45, 7) is 13.0. The maximum Gasteiger partial charge on any atom is 0.321 e. The Morgan fingerprint density at radius 3 is 2.37 bits per heavy atom. The molecule has 3 aromatic rings. The van der Waals surface area contributed by atoms with Gasteiger partial charge in [0.2, 0.25) is 11.8 Å². The van der Waals surface area contributed by atoms with Crippen LogP contribution in [0.5, 0.6) is 11.6 Å². The van der Waals surface area contributed by atoms with Gasteiger partial charge in [0, 0.05) is 40.4 Å². The van der Waals surface area contributed by atoms with Crippen LogP contribution in [0.4, 0.5) is 15.0 Å². The van der Waals surface area contributed by atoms with Crippen LogP contribution in [0.3, 0.4) is 0 Å². The molecule has 1 aliphatic rings. The number of benzene rings is 1. The molecule has 0 saturated heterocycles. The normalized spacial score (nSPS) is 14.7. The summed E-state index contributed by atoms with van der Waals surface area (Å²) in [5.74, 6) is -0.723. The fraction of sp³-hybridized carbons (Fsp3) is 0.379. The zero-order valence-corrected chi connectivity index (χ0v) is 22.8. The zero-order valence-electron chi connectivity index (χ0n) is 22.8. The first-order valence-corrected chi connectivity index (χ1v) is 12.6. The van der Waals surface area contributed by atoms with E-state index in [4.69, 9.17) is 4.74 Å². The third-order valence-electron chi connectivity index (χ3n) is 6.23. The van der Waals surface area contributed by atoms with E-state index in [1.165, 1.54) is 6.07 Å². The van der Waals surface area contributed by atoms with E-state index in [1.807, 2.05) is 58.9 Å². The largest absolute Gasteiger partial charge is 0.435 e. The van der Waals surface area contributed by atoms with Crippen molar-refractivity contribution < 1.29 is 18.7 Å². The highest BCUT2D eigenvalue weighted by Gasteiger charge is 2.45. The Labute approximate surface area is 222 Å². The fourth-order valence-corrected chi connectivity index (χ4v) is 4.51. The Morgan fingerprint density at radius 2 is 1.74 bits per heavy atom. The number of rotatable bonds is 5. The first-order valence-electron chi connectivity index (χ1n) is 12.6. The molecule has 3 heterocycles. The van der Waals surface area contributed by atoms with E-state index in [0.29, 0.717) is 16.8 Å². The number of aromatic nitrogens is 2. The molecule has 1 aromatic carbocycles. The number of hydrogen-bond donors (Lipinski definition) is 3. The lowest BCUT2D eigenvalue weighted by molar-refractivity contribution is -0.128. The average Bonchev–Trinajstić information content (AvgIpc) is 2.81. The molecular weight excluding hydrogens is 485 g/mol. The molecule has 4 rings (SSSR count). The van der Waals surface area contributed by atoms with E-state index < -0.39 is 34.6 Å². The number of anilines is 1. The Morgan fingerprint density at radius 1 is 1.00 bits per heavy atom. The number of imide groups is 1. The van der Waals surface area contributed by atoms with Crippen LogP contribution < -0.4 is 20.7 Å². The van der Waals surface area contributed by atoms with Gasteiger partial charge in [-0.05, 0) is 58.9 Å². The summed E-state index contributed by atoms with van der Waals surface area (Å²) in [5, 5.41) is 8.43. The summed E-state index contributed by atoms with van der Waals surface area (Å²) in [6, 6.07) is 11.7. The van der Waals surface area contributed by atoms with Crippen LogP contribution in [-0.4, -0.2) is 33.5 Å². The Bertz CT molecular complexity index is 1360. The molecule has 38 heavy (non-hydrogen) atoms. The van der Waals surface area contributed by atoms with Crippen LogP contribution in [0.15, 0.2) is 48.7 Å². The third-order valence-corrected chi connectivity index (χ3v) is 6.23. The van der Waals surface area contributed by atoms with Crippen LogP contribution >= 0.6 is 0 Å². The van der Waals surface area contributed by atoms with E-state index in [0.717, 1.165) is 11.4 Å². The van der Waals surface area contributed by atoms with Gasteiger partial charge in [-0.3, -0.25) is 10.1 Å². The Hall–Kier alpha value is -4.01. The van der Waals surface area contributed by atoms with Crippen molar-refractivity contribution >= 4 is 17.8 Å². The van der Waals surface area contributed by atoms with Crippen molar-refractivity contribution in [3.05, 3.63) is 65.6 Å². The number of pyridine rings is 2. The van der Waals surface area contributed by atoms with Gasteiger partial charge in [-0.2, -0.15) is 0 Å². The van der Waals surface area contributed by atoms with E-state index >= 15 is 0 Å². The lowest BCUT2D eigenvalue weighted by atomic mass is 9.69. The van der Waals surface area contributed by atoms with Gasteiger partial charge in [0.15, 0.2) is 11.6 Å². The molecule has 0 spiro atoms. The van der Waals surface area contributed by atoms with Crippen molar-refractivity contribution in [3.8, 4) is 22.9 Å². The second-order valence-electron chi connectivity index (χ2n) is 11.4. The second kappa shape index (κ2) is 10.0. The summed E-state index contributed by atoms with van der Waals surface area (Å²) < 4.78 is 20.9. The molecule has 3 amide bonds. The molecule has 1 atom stereocenters. The molecular formula is C29H34FN5O3. The van der Waals surface area contributed by atoms with Gasteiger partial charge in [-0.1, -0.05) is 32.0 Å². The topological polar surface area (TPSA) is 105 Å². The number of hydrogen-bond acceptors (Lipinski definition) is 6. The number of nitrogens with zero attached hydrogens (tertiary/aromatic N) is 2. The predicted octanol–water partition coefficient (Wildman–Crippen LogP) is 5.99. The summed E-state index contributed by atoms with van der Waals surface area (Å²) in [7, 11) is 0. The summed E-state index contributed by atoms with van der Waals surface area (Å²) >= 11 is 0. The zero-order chi connectivity index (χ0) is 27.8. The number of carbonyl (C=O) groups is 2. The molecule has 0 saturated carbocycles. The number of halogens is 1. The SMILES string of the molecule is CC(C)Nc1ccc(-c2ccc3c(n2)Oc2c(F)cccc2[C@@H]3C(C)(C)C(=O)NC(=O)NC(C)(C)C)cn1. The molecule has 0 fully saturated rings. The van der Waals surface area contributed by atoms with E-state index in [-0.39, 0.29) is 17.7 Å². The van der Waals surface area contributed by atoms with Crippen LogP contribution in [0.25, 0.3) is 11.3 Å². The highest BCUT2D eigenvalue weighted by Crippen LogP contribution is 2.52. The lowest BCUT2D eigenvalue weighted by Crippen LogP contribution is -2.52. The van der Waals surface area contributed by atoms with Crippen molar-refractivity contribution in [1.82, 2.24) is 20.6 Å². The first kappa shape index (κ1) is 27.0. The van der Waals surface area contributed by atoms with Gasteiger partial charge in [0.05, 0.1) is 11.1 Å².